The molecule has 0 radical (unpaired) electrons. The highest BCUT2D eigenvalue weighted by Gasteiger charge is 2.15. The number of benzene rings is 1. The molecule has 110 valence electrons. The molecular weight excluding hydrogens is 286 g/mol. The Morgan fingerprint density at radius 3 is 2.60 bits per heavy atom. The van der Waals surface area contributed by atoms with E-state index in [1.165, 1.54) is 18.2 Å². The van der Waals surface area contributed by atoms with E-state index >= 15 is 0 Å². The molecule has 0 aliphatic heterocycles. The molecule has 0 atom stereocenters. The third-order valence-corrected chi connectivity index (χ3v) is 3.32. The lowest BCUT2D eigenvalue weighted by atomic mass is 10.1. The molecule has 0 saturated carbocycles. The van der Waals surface area contributed by atoms with Crippen LogP contribution in [-0.4, -0.2) is 31.5 Å². The molecule has 20 heavy (non-hydrogen) atoms. The number of rotatable bonds is 7. The maximum Gasteiger partial charge on any atom is 0.273 e. The summed E-state index contributed by atoms with van der Waals surface area (Å²) in [6.45, 7) is 0.149. The van der Waals surface area contributed by atoms with Crippen molar-refractivity contribution in [2.24, 2.45) is 5.14 Å². The Balaban J connectivity index is 2.49. The third-order valence-electron chi connectivity index (χ3n) is 2.47. The number of nitrogens with two attached hydrogens (primary N) is 1. The fraction of sp³-hybridized carbons (Fsp3) is 0.364. The number of nitrogens with zero attached hydrogens (tertiary/aromatic N) is 1. The van der Waals surface area contributed by atoms with E-state index in [4.69, 9.17) is 5.14 Å². The number of sulfonamides is 1. The molecule has 1 aromatic rings. The number of nitro groups is 1. The van der Waals surface area contributed by atoms with E-state index in [0.717, 1.165) is 0 Å². The van der Waals surface area contributed by atoms with Crippen LogP contribution in [0.5, 0.6) is 0 Å². The minimum Gasteiger partial charge on any atom is -0.356 e. The molecule has 1 amide bonds. The van der Waals surface area contributed by atoms with Gasteiger partial charge in [-0.3, -0.25) is 14.9 Å². The minimum absolute atomic E-state index is 0.118. The Hall–Kier alpha value is -2.00. The zero-order chi connectivity index (χ0) is 15.2. The van der Waals surface area contributed by atoms with E-state index in [0.29, 0.717) is 5.56 Å². The van der Waals surface area contributed by atoms with Gasteiger partial charge in [0.05, 0.1) is 17.1 Å². The van der Waals surface area contributed by atoms with Crippen molar-refractivity contribution in [2.45, 2.75) is 12.8 Å². The Labute approximate surface area is 116 Å². The molecule has 0 spiro atoms. The average molecular weight is 301 g/mol. The first-order valence-electron chi connectivity index (χ1n) is 5.79. The molecule has 0 heterocycles. The zero-order valence-corrected chi connectivity index (χ0v) is 11.4. The maximum absolute atomic E-state index is 11.6. The molecule has 1 rings (SSSR count). The van der Waals surface area contributed by atoms with Gasteiger partial charge in [0.15, 0.2) is 0 Å². The molecule has 1 aromatic carbocycles. The van der Waals surface area contributed by atoms with Crippen molar-refractivity contribution in [3.05, 3.63) is 39.9 Å². The number of nitrogens with one attached hydrogen (secondary N) is 1. The number of carbonyl (C=O) groups excluding carboxylic acids is 1. The van der Waals surface area contributed by atoms with Crippen molar-refractivity contribution in [3.8, 4) is 0 Å². The fourth-order valence-corrected chi connectivity index (χ4v) is 2.12. The topological polar surface area (TPSA) is 132 Å². The molecular formula is C11H15N3O5S. The molecule has 0 aliphatic carbocycles. The number of nitro benzene ring substituents is 1. The summed E-state index contributed by atoms with van der Waals surface area (Å²) >= 11 is 0. The van der Waals surface area contributed by atoms with Gasteiger partial charge in [-0.05, 0) is 6.42 Å². The van der Waals surface area contributed by atoms with Crippen LogP contribution in [0.1, 0.15) is 12.0 Å². The molecule has 9 heteroatoms. The van der Waals surface area contributed by atoms with Crippen molar-refractivity contribution < 1.29 is 18.1 Å². The summed E-state index contributed by atoms with van der Waals surface area (Å²) in [4.78, 5) is 21.8. The normalized spacial score (nSPS) is 11.1. The maximum atomic E-state index is 11.6. The van der Waals surface area contributed by atoms with Crippen molar-refractivity contribution in [1.29, 1.82) is 0 Å². The first-order chi connectivity index (χ1) is 9.29. The van der Waals surface area contributed by atoms with Crippen LogP contribution in [-0.2, 0) is 21.2 Å². The van der Waals surface area contributed by atoms with Crippen LogP contribution >= 0.6 is 0 Å². The van der Waals surface area contributed by atoms with Gasteiger partial charge in [-0.25, -0.2) is 13.6 Å². The number of hydrogen-bond acceptors (Lipinski definition) is 5. The van der Waals surface area contributed by atoms with Crippen LogP contribution in [0.3, 0.4) is 0 Å². The average Bonchev–Trinajstić information content (AvgIpc) is 2.34. The second-order valence-electron chi connectivity index (χ2n) is 4.13. The van der Waals surface area contributed by atoms with Crippen LogP contribution in [0.15, 0.2) is 24.3 Å². The summed E-state index contributed by atoms with van der Waals surface area (Å²) in [6.07, 6.45) is 0.0635. The SMILES string of the molecule is NS(=O)(=O)CCCNC(=O)Cc1ccccc1[N+](=O)[O-]. The van der Waals surface area contributed by atoms with E-state index in [1.54, 1.807) is 6.07 Å². The largest absolute Gasteiger partial charge is 0.356 e. The van der Waals surface area contributed by atoms with Gasteiger partial charge in [0.2, 0.25) is 15.9 Å². The molecule has 0 fully saturated rings. The summed E-state index contributed by atoms with van der Waals surface area (Å²) in [5, 5.41) is 18.1. The standard InChI is InChI=1S/C11H15N3O5S/c12-20(18,19)7-3-6-13-11(15)8-9-4-1-2-5-10(9)14(16)17/h1-2,4-5H,3,6-8H2,(H,13,15)(H2,12,18,19). The quantitative estimate of drug-likeness (QED) is 0.413. The fourth-order valence-electron chi connectivity index (χ4n) is 1.58. The minimum atomic E-state index is -3.54. The van der Waals surface area contributed by atoms with E-state index in [-0.39, 0.29) is 30.8 Å². The zero-order valence-electron chi connectivity index (χ0n) is 10.6. The van der Waals surface area contributed by atoms with Crippen LogP contribution in [0.2, 0.25) is 0 Å². The third kappa shape index (κ3) is 5.76. The van der Waals surface area contributed by atoms with E-state index in [2.05, 4.69) is 5.32 Å². The first-order valence-corrected chi connectivity index (χ1v) is 7.50. The number of hydrogen-bond donors (Lipinski definition) is 2. The van der Waals surface area contributed by atoms with E-state index in [9.17, 15) is 23.3 Å². The highest BCUT2D eigenvalue weighted by atomic mass is 32.2. The van der Waals surface area contributed by atoms with Gasteiger partial charge in [-0.2, -0.15) is 0 Å². The molecule has 8 nitrogen and oxygen atoms in total. The van der Waals surface area contributed by atoms with Gasteiger partial charge in [0.25, 0.3) is 5.69 Å². The number of primary sulfonamides is 1. The van der Waals surface area contributed by atoms with E-state index < -0.39 is 20.9 Å². The lowest BCUT2D eigenvalue weighted by molar-refractivity contribution is -0.385. The molecule has 0 aliphatic rings. The monoisotopic (exact) mass is 301 g/mol. The highest BCUT2D eigenvalue weighted by molar-refractivity contribution is 7.89. The Morgan fingerprint density at radius 2 is 2.00 bits per heavy atom. The predicted molar refractivity (Wildman–Crippen MR) is 72.4 cm³/mol. The van der Waals surface area contributed by atoms with Crippen LogP contribution < -0.4 is 10.5 Å². The van der Waals surface area contributed by atoms with Crippen molar-refractivity contribution in [2.75, 3.05) is 12.3 Å². The lowest BCUT2D eigenvalue weighted by Crippen LogP contribution is -2.28. The Kier molecular flexibility index (Phi) is 5.59. The Bertz CT molecular complexity index is 600. The van der Waals surface area contributed by atoms with Gasteiger partial charge < -0.3 is 5.32 Å². The second-order valence-corrected chi connectivity index (χ2v) is 5.87. The molecule has 0 bridgehead atoms. The molecule has 0 aromatic heterocycles. The summed E-state index contributed by atoms with van der Waals surface area (Å²) in [7, 11) is -3.54. The Morgan fingerprint density at radius 1 is 1.35 bits per heavy atom. The van der Waals surface area contributed by atoms with Crippen molar-refractivity contribution >= 4 is 21.6 Å². The lowest BCUT2D eigenvalue weighted by Gasteiger charge is -2.05. The molecule has 3 N–H and O–H groups in total. The number of amides is 1. The van der Waals surface area contributed by atoms with Crippen molar-refractivity contribution in [3.63, 3.8) is 0 Å². The van der Waals surface area contributed by atoms with Crippen molar-refractivity contribution in [1.82, 2.24) is 5.32 Å². The summed E-state index contributed by atoms with van der Waals surface area (Å²) in [5.41, 5.74) is 0.189. The first kappa shape index (κ1) is 16.1. The summed E-state index contributed by atoms with van der Waals surface area (Å²) < 4.78 is 21.4. The van der Waals surface area contributed by atoms with Crippen LogP contribution in [0.25, 0.3) is 0 Å². The molecule has 0 saturated heterocycles. The summed E-state index contributed by atoms with van der Waals surface area (Å²) in [6, 6.07) is 5.95. The van der Waals surface area contributed by atoms with Crippen LogP contribution in [0.4, 0.5) is 5.69 Å². The smallest absolute Gasteiger partial charge is 0.273 e. The highest BCUT2D eigenvalue weighted by Crippen LogP contribution is 2.17. The number of carbonyl (C=O) groups is 1. The molecule has 0 unspecified atom stereocenters. The van der Waals surface area contributed by atoms with Gasteiger partial charge >= 0.3 is 0 Å². The summed E-state index contributed by atoms with van der Waals surface area (Å²) in [5.74, 6) is -0.632. The van der Waals surface area contributed by atoms with Crippen LogP contribution in [0, 0.1) is 10.1 Å². The van der Waals surface area contributed by atoms with Gasteiger partial charge in [-0.1, -0.05) is 18.2 Å². The van der Waals surface area contributed by atoms with Gasteiger partial charge in [0, 0.05) is 18.2 Å². The second kappa shape index (κ2) is 6.96. The predicted octanol–water partition coefficient (Wildman–Crippen LogP) is -0.0679. The van der Waals surface area contributed by atoms with E-state index in [1.807, 2.05) is 0 Å². The van der Waals surface area contributed by atoms with Gasteiger partial charge in [0.1, 0.15) is 0 Å². The number of para-hydroxylation sites is 1. The van der Waals surface area contributed by atoms with Gasteiger partial charge in [-0.15, -0.1) is 0 Å².